The zero-order valence-corrected chi connectivity index (χ0v) is 17.9. The molecule has 28 heavy (non-hydrogen) atoms. The maximum absolute atomic E-state index is 11.9. The largest absolute Gasteiger partial charge is 0.372 e. The first-order valence-corrected chi connectivity index (χ1v) is 10.0. The Labute approximate surface area is 169 Å². The first-order chi connectivity index (χ1) is 13.4. The summed E-state index contributed by atoms with van der Waals surface area (Å²) in [5.41, 5.74) is 3.54. The molecule has 1 amide bonds. The molecule has 0 bridgehead atoms. The first kappa shape index (κ1) is 21.8. The molecule has 0 aromatic heterocycles. The average molecular weight is 386 g/mol. The van der Waals surface area contributed by atoms with Gasteiger partial charge < -0.3 is 20.0 Å². The van der Waals surface area contributed by atoms with Gasteiger partial charge in [0.25, 0.3) is 0 Å². The Bertz CT molecular complexity index is 675. The number of likely N-dealkylation sites (N-methyl/N-ethyl adjacent to an activating group) is 1. The number of nitrogens with one attached hydrogen (secondary N) is 1. The van der Waals surface area contributed by atoms with Gasteiger partial charge in [-0.15, -0.1) is 0 Å². The highest BCUT2D eigenvalue weighted by Gasteiger charge is 2.12. The SMILES string of the molecule is C=C(C)CNC(=NCC(=O)N(C)C)N(C)Cc1ccc(N2CCCCC2)cc1. The first-order valence-electron chi connectivity index (χ1n) is 10.0. The number of aliphatic imine (C=N–C) groups is 1. The number of carbonyl (C=O) groups excluding carboxylic acids is 1. The van der Waals surface area contributed by atoms with E-state index in [1.807, 2.05) is 18.9 Å². The van der Waals surface area contributed by atoms with E-state index in [-0.39, 0.29) is 12.5 Å². The van der Waals surface area contributed by atoms with E-state index in [4.69, 9.17) is 0 Å². The third-order valence-electron chi connectivity index (χ3n) is 4.85. The molecule has 0 unspecified atom stereocenters. The number of benzene rings is 1. The van der Waals surface area contributed by atoms with Crippen LogP contribution in [0.2, 0.25) is 0 Å². The molecule has 1 aliphatic rings. The van der Waals surface area contributed by atoms with Crippen LogP contribution in [0.4, 0.5) is 5.69 Å². The van der Waals surface area contributed by atoms with Crippen LogP contribution < -0.4 is 10.2 Å². The molecule has 154 valence electrons. The van der Waals surface area contributed by atoms with Crippen LogP contribution in [0.3, 0.4) is 0 Å². The van der Waals surface area contributed by atoms with Crippen LogP contribution >= 0.6 is 0 Å². The van der Waals surface area contributed by atoms with Gasteiger partial charge in [0.05, 0.1) is 0 Å². The van der Waals surface area contributed by atoms with Gasteiger partial charge in [-0.2, -0.15) is 0 Å². The molecule has 1 saturated heterocycles. The molecule has 0 spiro atoms. The van der Waals surface area contributed by atoms with Gasteiger partial charge in [-0.05, 0) is 43.9 Å². The molecule has 0 aliphatic carbocycles. The lowest BCUT2D eigenvalue weighted by molar-refractivity contribution is -0.127. The van der Waals surface area contributed by atoms with E-state index in [9.17, 15) is 4.79 Å². The standard InChI is InChI=1S/C22H35N5O/c1-18(2)15-23-22(24-16-21(28)25(3)4)26(5)17-19-9-11-20(12-10-19)27-13-7-6-8-14-27/h9-12H,1,6-8,13-17H2,2-5H3,(H,23,24). The minimum absolute atomic E-state index is 0.0195. The van der Waals surface area contributed by atoms with Crippen molar-refractivity contribution in [1.82, 2.24) is 15.1 Å². The number of anilines is 1. The Morgan fingerprint density at radius 1 is 1.14 bits per heavy atom. The molecule has 1 aliphatic heterocycles. The number of hydrogen-bond donors (Lipinski definition) is 1. The predicted molar refractivity (Wildman–Crippen MR) is 118 cm³/mol. The molecule has 6 heteroatoms. The van der Waals surface area contributed by atoms with Crippen LogP contribution in [-0.4, -0.2) is 69.0 Å². The molecule has 1 fully saturated rings. The third-order valence-corrected chi connectivity index (χ3v) is 4.85. The molecule has 6 nitrogen and oxygen atoms in total. The zero-order valence-electron chi connectivity index (χ0n) is 17.9. The lowest BCUT2D eigenvalue weighted by atomic mass is 10.1. The van der Waals surface area contributed by atoms with Gasteiger partial charge in [0.2, 0.25) is 5.91 Å². The van der Waals surface area contributed by atoms with Gasteiger partial charge in [-0.3, -0.25) is 4.79 Å². The molecule has 1 aromatic carbocycles. The second kappa shape index (κ2) is 10.7. The molecule has 0 atom stereocenters. The van der Waals surface area contributed by atoms with Crippen molar-refractivity contribution in [3.05, 3.63) is 42.0 Å². The number of hydrogen-bond acceptors (Lipinski definition) is 3. The Hall–Kier alpha value is -2.50. The van der Waals surface area contributed by atoms with E-state index in [0.717, 1.165) is 25.2 Å². The van der Waals surface area contributed by atoms with Gasteiger partial charge in [-0.1, -0.05) is 24.3 Å². The summed E-state index contributed by atoms with van der Waals surface area (Å²) >= 11 is 0. The van der Waals surface area contributed by atoms with Crippen LogP contribution in [0.25, 0.3) is 0 Å². The Kier molecular flexibility index (Phi) is 8.36. The number of amides is 1. The molecule has 1 N–H and O–H groups in total. The minimum atomic E-state index is -0.0195. The Balaban J connectivity index is 2.02. The highest BCUT2D eigenvalue weighted by Crippen LogP contribution is 2.20. The monoisotopic (exact) mass is 385 g/mol. The summed E-state index contributed by atoms with van der Waals surface area (Å²) in [7, 11) is 5.47. The van der Waals surface area contributed by atoms with Crippen LogP contribution in [0.1, 0.15) is 31.7 Å². The predicted octanol–water partition coefficient (Wildman–Crippen LogP) is 2.72. The van der Waals surface area contributed by atoms with Gasteiger partial charge in [0, 0.05) is 53.0 Å². The second-order valence-electron chi connectivity index (χ2n) is 7.81. The van der Waals surface area contributed by atoms with Crippen molar-refractivity contribution in [2.45, 2.75) is 32.7 Å². The molecule has 1 aromatic rings. The quantitative estimate of drug-likeness (QED) is 0.445. The van der Waals surface area contributed by atoms with Crippen molar-refractivity contribution in [3.8, 4) is 0 Å². The minimum Gasteiger partial charge on any atom is -0.372 e. The fourth-order valence-electron chi connectivity index (χ4n) is 3.14. The second-order valence-corrected chi connectivity index (χ2v) is 7.81. The highest BCUT2D eigenvalue weighted by molar-refractivity contribution is 5.84. The van der Waals surface area contributed by atoms with Crippen molar-refractivity contribution in [2.75, 3.05) is 52.2 Å². The van der Waals surface area contributed by atoms with Crippen LogP contribution in [-0.2, 0) is 11.3 Å². The van der Waals surface area contributed by atoms with E-state index < -0.39 is 0 Å². The lowest BCUT2D eigenvalue weighted by Gasteiger charge is -2.29. The summed E-state index contributed by atoms with van der Waals surface area (Å²) in [6, 6.07) is 8.79. The zero-order chi connectivity index (χ0) is 20.5. The van der Waals surface area contributed by atoms with E-state index in [2.05, 4.69) is 46.1 Å². The fourth-order valence-corrected chi connectivity index (χ4v) is 3.14. The number of piperidine rings is 1. The molecule has 0 radical (unpaired) electrons. The molecule has 2 rings (SSSR count). The maximum Gasteiger partial charge on any atom is 0.243 e. The van der Waals surface area contributed by atoms with Crippen molar-refractivity contribution < 1.29 is 4.79 Å². The summed E-state index contributed by atoms with van der Waals surface area (Å²) in [6.07, 6.45) is 3.91. The summed E-state index contributed by atoms with van der Waals surface area (Å²) in [5, 5.41) is 3.29. The Morgan fingerprint density at radius 3 is 2.36 bits per heavy atom. The number of carbonyl (C=O) groups is 1. The van der Waals surface area contributed by atoms with E-state index in [0.29, 0.717) is 12.5 Å². The van der Waals surface area contributed by atoms with E-state index in [1.54, 1.807) is 19.0 Å². The van der Waals surface area contributed by atoms with Gasteiger partial charge in [0.15, 0.2) is 5.96 Å². The topological polar surface area (TPSA) is 51.2 Å². The van der Waals surface area contributed by atoms with Crippen LogP contribution in [0.5, 0.6) is 0 Å². The number of nitrogens with zero attached hydrogens (tertiary/aromatic N) is 4. The average Bonchev–Trinajstić information content (AvgIpc) is 2.68. The molecular weight excluding hydrogens is 350 g/mol. The van der Waals surface area contributed by atoms with Gasteiger partial charge >= 0.3 is 0 Å². The molecule has 1 heterocycles. The summed E-state index contributed by atoms with van der Waals surface area (Å²) in [5.74, 6) is 0.687. The Morgan fingerprint density at radius 2 is 1.79 bits per heavy atom. The van der Waals surface area contributed by atoms with Crippen molar-refractivity contribution in [3.63, 3.8) is 0 Å². The van der Waals surface area contributed by atoms with Crippen LogP contribution in [0.15, 0.2) is 41.4 Å². The van der Waals surface area contributed by atoms with Crippen molar-refractivity contribution >= 4 is 17.6 Å². The fraction of sp³-hybridized carbons (Fsp3) is 0.545. The summed E-state index contributed by atoms with van der Waals surface area (Å²) < 4.78 is 0. The number of guanidine groups is 1. The van der Waals surface area contributed by atoms with Gasteiger partial charge in [0.1, 0.15) is 6.54 Å². The smallest absolute Gasteiger partial charge is 0.243 e. The van der Waals surface area contributed by atoms with Crippen LogP contribution in [0, 0.1) is 0 Å². The highest BCUT2D eigenvalue weighted by atomic mass is 16.2. The van der Waals surface area contributed by atoms with E-state index in [1.165, 1.54) is 30.5 Å². The number of rotatable bonds is 7. The third kappa shape index (κ3) is 6.91. The maximum atomic E-state index is 11.9. The summed E-state index contributed by atoms with van der Waals surface area (Å²) in [6.45, 7) is 9.69. The van der Waals surface area contributed by atoms with Crippen molar-refractivity contribution in [2.24, 2.45) is 4.99 Å². The summed E-state index contributed by atoms with van der Waals surface area (Å²) in [4.78, 5) is 22.5. The molecule has 0 saturated carbocycles. The normalized spacial score (nSPS) is 14.6. The molecular formula is C22H35N5O. The van der Waals surface area contributed by atoms with E-state index >= 15 is 0 Å². The van der Waals surface area contributed by atoms with Crippen molar-refractivity contribution in [1.29, 1.82) is 0 Å². The lowest BCUT2D eigenvalue weighted by Crippen LogP contribution is -2.40. The van der Waals surface area contributed by atoms with Gasteiger partial charge in [-0.25, -0.2) is 4.99 Å².